The highest BCUT2D eigenvalue weighted by molar-refractivity contribution is 6.37. The number of carbonyl (C=O) groups is 3. The Morgan fingerprint density at radius 3 is 2.31 bits per heavy atom. The van der Waals surface area contributed by atoms with Gasteiger partial charge in [0.25, 0.3) is 0 Å². The number of esters is 1. The molecule has 2 aromatic carbocycles. The first kappa shape index (κ1) is 19.8. The van der Waals surface area contributed by atoms with Crippen LogP contribution in [0.3, 0.4) is 0 Å². The Balaban J connectivity index is 2.11. The Labute approximate surface area is 160 Å². The molecule has 0 aliphatic carbocycles. The quantitative estimate of drug-likeness (QED) is 0.454. The molecule has 0 saturated heterocycles. The standard InChI is InChI=1S/C18H16Cl2N2O4/c1-9(17(24)11-3-5-13(6-4-11)22-10(2)23)26-18(25)14-7-12(19)8-15(20)16(14)21/h3-9H,21H2,1-2H3,(H,22,23)/t9-/m0/s1. The largest absolute Gasteiger partial charge is 0.451 e. The van der Waals surface area contributed by atoms with E-state index in [0.29, 0.717) is 11.3 Å². The molecular weight excluding hydrogens is 379 g/mol. The molecule has 136 valence electrons. The second kappa shape index (κ2) is 8.21. The molecule has 0 aromatic heterocycles. The third-order valence-corrected chi connectivity index (χ3v) is 3.99. The lowest BCUT2D eigenvalue weighted by molar-refractivity contribution is -0.114. The molecule has 0 bridgehead atoms. The van der Waals surface area contributed by atoms with Crippen molar-refractivity contribution in [1.82, 2.24) is 0 Å². The normalized spacial score (nSPS) is 11.5. The number of amides is 1. The van der Waals surface area contributed by atoms with Crippen LogP contribution in [0.4, 0.5) is 11.4 Å². The molecule has 0 fully saturated rings. The lowest BCUT2D eigenvalue weighted by Gasteiger charge is -2.14. The first-order valence-electron chi connectivity index (χ1n) is 7.56. The summed E-state index contributed by atoms with van der Waals surface area (Å²) in [6, 6.07) is 8.95. The molecular formula is C18H16Cl2N2O4. The van der Waals surface area contributed by atoms with E-state index in [1.54, 1.807) is 12.1 Å². The Morgan fingerprint density at radius 2 is 1.73 bits per heavy atom. The van der Waals surface area contributed by atoms with Crippen molar-refractivity contribution in [2.45, 2.75) is 20.0 Å². The van der Waals surface area contributed by atoms with Gasteiger partial charge in [-0.25, -0.2) is 4.79 Å². The number of ketones is 1. The van der Waals surface area contributed by atoms with Gasteiger partial charge in [0.05, 0.1) is 16.3 Å². The van der Waals surface area contributed by atoms with Crippen LogP contribution in [0.2, 0.25) is 10.0 Å². The van der Waals surface area contributed by atoms with Gasteiger partial charge in [-0.05, 0) is 43.3 Å². The van der Waals surface area contributed by atoms with Crippen LogP contribution in [0.25, 0.3) is 0 Å². The predicted molar refractivity (Wildman–Crippen MR) is 101 cm³/mol. The number of benzene rings is 2. The van der Waals surface area contributed by atoms with Crippen molar-refractivity contribution in [1.29, 1.82) is 0 Å². The molecule has 3 N–H and O–H groups in total. The van der Waals surface area contributed by atoms with Gasteiger partial charge in [0.1, 0.15) is 0 Å². The van der Waals surface area contributed by atoms with Gasteiger partial charge >= 0.3 is 5.97 Å². The lowest BCUT2D eigenvalue weighted by atomic mass is 10.1. The number of hydrogen-bond acceptors (Lipinski definition) is 5. The molecule has 0 aliphatic heterocycles. The monoisotopic (exact) mass is 394 g/mol. The smallest absolute Gasteiger partial charge is 0.341 e. The fourth-order valence-corrected chi connectivity index (χ4v) is 2.68. The summed E-state index contributed by atoms with van der Waals surface area (Å²) >= 11 is 11.8. The van der Waals surface area contributed by atoms with Crippen LogP contribution in [-0.2, 0) is 9.53 Å². The van der Waals surface area contributed by atoms with Gasteiger partial charge in [0.2, 0.25) is 11.7 Å². The Hall–Kier alpha value is -2.57. The maximum Gasteiger partial charge on any atom is 0.341 e. The zero-order chi connectivity index (χ0) is 19.4. The minimum Gasteiger partial charge on any atom is -0.451 e. The average Bonchev–Trinajstić information content (AvgIpc) is 2.57. The summed E-state index contributed by atoms with van der Waals surface area (Å²) in [6.07, 6.45) is -1.05. The molecule has 8 heteroatoms. The summed E-state index contributed by atoms with van der Waals surface area (Å²) in [5.41, 5.74) is 6.66. The third-order valence-electron chi connectivity index (χ3n) is 3.46. The van der Waals surface area contributed by atoms with Gasteiger partial charge in [0, 0.05) is 23.2 Å². The number of hydrogen-bond donors (Lipinski definition) is 2. The van der Waals surface area contributed by atoms with E-state index in [0.717, 1.165) is 0 Å². The number of rotatable bonds is 5. The van der Waals surface area contributed by atoms with Crippen molar-refractivity contribution in [3.05, 3.63) is 57.6 Å². The second-order valence-corrected chi connectivity index (χ2v) is 6.36. The number of halogens is 2. The van der Waals surface area contributed by atoms with E-state index < -0.39 is 17.9 Å². The Morgan fingerprint density at radius 1 is 1.12 bits per heavy atom. The minimum absolute atomic E-state index is 0.0110. The number of ether oxygens (including phenoxy) is 1. The molecule has 0 heterocycles. The molecule has 0 radical (unpaired) electrons. The molecule has 1 amide bonds. The van der Waals surface area contributed by atoms with Crippen LogP contribution in [0, 0.1) is 0 Å². The highest BCUT2D eigenvalue weighted by atomic mass is 35.5. The number of nitrogen functional groups attached to an aromatic ring is 1. The minimum atomic E-state index is -1.05. The average molecular weight is 395 g/mol. The SMILES string of the molecule is CC(=O)Nc1ccc(C(=O)[C@H](C)OC(=O)c2cc(Cl)cc(Cl)c2N)cc1. The summed E-state index contributed by atoms with van der Waals surface area (Å²) in [4.78, 5) is 35.7. The van der Waals surface area contributed by atoms with Crippen molar-refractivity contribution in [3.63, 3.8) is 0 Å². The Kier molecular flexibility index (Phi) is 6.23. The third kappa shape index (κ3) is 4.74. The fraction of sp³-hybridized carbons (Fsp3) is 0.167. The van der Waals surface area contributed by atoms with E-state index in [1.807, 2.05) is 0 Å². The van der Waals surface area contributed by atoms with Crippen molar-refractivity contribution >= 4 is 52.2 Å². The summed E-state index contributed by atoms with van der Waals surface area (Å²) in [6.45, 7) is 2.83. The number of carbonyl (C=O) groups excluding carboxylic acids is 3. The number of anilines is 2. The molecule has 1 atom stereocenters. The zero-order valence-corrected chi connectivity index (χ0v) is 15.5. The first-order chi connectivity index (χ1) is 12.2. The Bertz CT molecular complexity index is 866. The molecule has 2 rings (SSSR count). The highest BCUT2D eigenvalue weighted by Gasteiger charge is 2.22. The van der Waals surface area contributed by atoms with Gasteiger partial charge in [-0.2, -0.15) is 0 Å². The highest BCUT2D eigenvalue weighted by Crippen LogP contribution is 2.28. The van der Waals surface area contributed by atoms with Crippen molar-refractivity contribution < 1.29 is 19.1 Å². The lowest BCUT2D eigenvalue weighted by Crippen LogP contribution is -2.25. The van der Waals surface area contributed by atoms with E-state index in [4.69, 9.17) is 33.7 Å². The van der Waals surface area contributed by atoms with Crippen molar-refractivity contribution in [3.8, 4) is 0 Å². The van der Waals surface area contributed by atoms with Gasteiger partial charge in [0.15, 0.2) is 6.10 Å². The molecule has 0 aliphatic rings. The van der Waals surface area contributed by atoms with E-state index >= 15 is 0 Å². The zero-order valence-electron chi connectivity index (χ0n) is 14.0. The van der Waals surface area contributed by atoms with Crippen LogP contribution < -0.4 is 11.1 Å². The van der Waals surface area contributed by atoms with E-state index in [9.17, 15) is 14.4 Å². The van der Waals surface area contributed by atoms with Gasteiger partial charge in [-0.1, -0.05) is 23.2 Å². The summed E-state index contributed by atoms with van der Waals surface area (Å²) in [7, 11) is 0. The van der Waals surface area contributed by atoms with Gasteiger partial charge < -0.3 is 15.8 Å². The van der Waals surface area contributed by atoms with Gasteiger partial charge in [-0.3, -0.25) is 9.59 Å². The summed E-state index contributed by atoms with van der Waals surface area (Å²) in [5, 5.41) is 2.94. The van der Waals surface area contributed by atoms with Crippen LogP contribution in [0.15, 0.2) is 36.4 Å². The molecule has 0 unspecified atom stereocenters. The molecule has 0 saturated carbocycles. The van der Waals surface area contributed by atoms with Crippen molar-refractivity contribution in [2.24, 2.45) is 0 Å². The predicted octanol–water partition coefficient (Wildman–Crippen LogP) is 3.96. The van der Waals surface area contributed by atoms with Crippen LogP contribution in [0.1, 0.15) is 34.6 Å². The maximum absolute atomic E-state index is 12.4. The van der Waals surface area contributed by atoms with Crippen LogP contribution in [-0.4, -0.2) is 23.8 Å². The molecule has 0 spiro atoms. The van der Waals surface area contributed by atoms with Crippen LogP contribution in [0.5, 0.6) is 0 Å². The van der Waals surface area contributed by atoms with E-state index in [2.05, 4.69) is 5.32 Å². The van der Waals surface area contributed by atoms with Gasteiger partial charge in [-0.15, -0.1) is 0 Å². The first-order valence-corrected chi connectivity index (χ1v) is 8.32. The summed E-state index contributed by atoms with van der Waals surface area (Å²) in [5.74, 6) is -1.42. The summed E-state index contributed by atoms with van der Waals surface area (Å²) < 4.78 is 5.18. The number of nitrogens with two attached hydrogens (primary N) is 1. The van der Waals surface area contributed by atoms with Crippen LogP contribution >= 0.6 is 23.2 Å². The maximum atomic E-state index is 12.4. The molecule has 26 heavy (non-hydrogen) atoms. The van der Waals surface area contributed by atoms with E-state index in [1.165, 1.54) is 38.1 Å². The molecule has 2 aromatic rings. The van der Waals surface area contributed by atoms with E-state index in [-0.39, 0.29) is 27.2 Å². The number of Topliss-reactive ketones (excluding diaryl/α,β-unsaturated/α-hetero) is 1. The molecule has 6 nitrogen and oxygen atoms in total. The second-order valence-electron chi connectivity index (χ2n) is 5.52. The fourth-order valence-electron chi connectivity index (χ4n) is 2.19. The number of nitrogens with one attached hydrogen (secondary N) is 1. The topological polar surface area (TPSA) is 98.5 Å². The van der Waals surface area contributed by atoms with Crippen molar-refractivity contribution in [2.75, 3.05) is 11.1 Å².